The largest absolute Gasteiger partial charge is 0.450 e. The summed E-state index contributed by atoms with van der Waals surface area (Å²) < 4.78 is 6.31. The van der Waals surface area contributed by atoms with Crippen molar-refractivity contribution in [3.8, 4) is 0 Å². The van der Waals surface area contributed by atoms with E-state index < -0.39 is 5.60 Å². The number of rotatable bonds is 1. The van der Waals surface area contributed by atoms with Gasteiger partial charge in [0.15, 0.2) is 0 Å². The molecule has 4 nitrogen and oxygen atoms in total. The smallest absolute Gasteiger partial charge is 0.337 e. The Bertz CT molecular complexity index is 648. The van der Waals surface area contributed by atoms with Gasteiger partial charge < -0.3 is 10.1 Å². The summed E-state index contributed by atoms with van der Waals surface area (Å²) in [6.07, 6.45) is 0.264. The molecule has 0 bridgehead atoms. The monoisotopic (exact) mass is 335 g/mol. The molecule has 1 amide bonds. The standard InChI is InChI=1S/C15H14BrNO3/c1-15(2)13-12(14(19)20-15)10(7-11(18)17-13)8-4-3-5-9(16)6-8/h3-6,10H,7H2,1-2H3,(H,17,18). The molecular weight excluding hydrogens is 322 g/mol. The molecule has 0 fully saturated rings. The highest BCUT2D eigenvalue weighted by Crippen LogP contribution is 2.42. The van der Waals surface area contributed by atoms with Crippen LogP contribution in [0.2, 0.25) is 0 Å². The van der Waals surface area contributed by atoms with E-state index >= 15 is 0 Å². The first-order valence-electron chi connectivity index (χ1n) is 6.42. The Labute approximate surface area is 125 Å². The minimum Gasteiger partial charge on any atom is -0.450 e. The zero-order valence-corrected chi connectivity index (χ0v) is 12.8. The molecule has 0 aliphatic carbocycles. The van der Waals surface area contributed by atoms with Gasteiger partial charge in [-0.25, -0.2) is 4.79 Å². The molecule has 0 saturated heterocycles. The second kappa shape index (κ2) is 4.45. The van der Waals surface area contributed by atoms with E-state index in [2.05, 4.69) is 21.2 Å². The van der Waals surface area contributed by atoms with Crippen molar-refractivity contribution in [1.82, 2.24) is 5.32 Å². The molecule has 20 heavy (non-hydrogen) atoms. The lowest BCUT2D eigenvalue weighted by molar-refractivity contribution is -0.144. The van der Waals surface area contributed by atoms with Crippen LogP contribution in [-0.4, -0.2) is 17.5 Å². The fraction of sp³-hybridized carbons (Fsp3) is 0.333. The van der Waals surface area contributed by atoms with Crippen molar-refractivity contribution in [3.05, 3.63) is 45.6 Å². The second-order valence-electron chi connectivity index (χ2n) is 5.55. The summed E-state index contributed by atoms with van der Waals surface area (Å²) in [4.78, 5) is 24.1. The number of hydrogen-bond acceptors (Lipinski definition) is 3. The van der Waals surface area contributed by atoms with E-state index in [1.54, 1.807) is 13.8 Å². The number of esters is 1. The molecule has 3 rings (SSSR count). The van der Waals surface area contributed by atoms with Crippen molar-refractivity contribution in [2.24, 2.45) is 0 Å². The maximum atomic E-state index is 12.2. The van der Waals surface area contributed by atoms with Gasteiger partial charge >= 0.3 is 5.97 Å². The average molecular weight is 336 g/mol. The lowest BCUT2D eigenvalue weighted by Gasteiger charge is -2.27. The van der Waals surface area contributed by atoms with Crippen molar-refractivity contribution < 1.29 is 14.3 Å². The van der Waals surface area contributed by atoms with Gasteiger partial charge in [0, 0.05) is 16.8 Å². The normalized spacial score (nSPS) is 24.2. The average Bonchev–Trinajstić information content (AvgIpc) is 2.59. The van der Waals surface area contributed by atoms with Gasteiger partial charge in [0.05, 0.1) is 11.3 Å². The van der Waals surface area contributed by atoms with Crippen molar-refractivity contribution in [2.45, 2.75) is 31.8 Å². The topological polar surface area (TPSA) is 55.4 Å². The number of hydrogen-bond donors (Lipinski definition) is 1. The Balaban J connectivity index is 2.13. The third-order valence-corrected chi connectivity index (χ3v) is 4.19. The Morgan fingerprint density at radius 1 is 1.35 bits per heavy atom. The van der Waals surface area contributed by atoms with E-state index in [1.807, 2.05) is 24.3 Å². The van der Waals surface area contributed by atoms with Crippen LogP contribution < -0.4 is 5.32 Å². The van der Waals surface area contributed by atoms with Gasteiger partial charge in [0.2, 0.25) is 5.91 Å². The molecule has 2 aliphatic heterocycles. The molecule has 1 aromatic rings. The summed E-state index contributed by atoms with van der Waals surface area (Å²) in [5.41, 5.74) is 1.35. The Morgan fingerprint density at radius 3 is 2.80 bits per heavy atom. The molecule has 0 saturated carbocycles. The third kappa shape index (κ3) is 2.06. The molecule has 1 unspecified atom stereocenters. The minimum absolute atomic E-state index is 0.0832. The fourth-order valence-electron chi connectivity index (χ4n) is 2.78. The lowest BCUT2D eigenvalue weighted by Crippen LogP contribution is -2.38. The van der Waals surface area contributed by atoms with Crippen molar-refractivity contribution in [3.63, 3.8) is 0 Å². The van der Waals surface area contributed by atoms with Gasteiger partial charge in [-0.15, -0.1) is 0 Å². The van der Waals surface area contributed by atoms with Gasteiger partial charge in [-0.05, 0) is 31.5 Å². The first-order valence-corrected chi connectivity index (χ1v) is 7.21. The van der Waals surface area contributed by atoms with Crippen LogP contribution in [0.25, 0.3) is 0 Å². The molecule has 2 aliphatic rings. The molecule has 1 atom stereocenters. The van der Waals surface area contributed by atoms with Crippen LogP contribution in [0.3, 0.4) is 0 Å². The van der Waals surface area contributed by atoms with Crippen LogP contribution in [0, 0.1) is 0 Å². The fourth-order valence-corrected chi connectivity index (χ4v) is 3.20. The van der Waals surface area contributed by atoms with Gasteiger partial charge in [-0.2, -0.15) is 0 Å². The molecule has 1 N–H and O–H groups in total. The first kappa shape index (κ1) is 13.4. The Hall–Kier alpha value is -1.62. The van der Waals surface area contributed by atoms with E-state index in [1.165, 1.54) is 0 Å². The second-order valence-corrected chi connectivity index (χ2v) is 6.46. The van der Waals surface area contributed by atoms with Crippen LogP contribution in [0.4, 0.5) is 0 Å². The zero-order valence-electron chi connectivity index (χ0n) is 11.2. The van der Waals surface area contributed by atoms with Gasteiger partial charge in [-0.1, -0.05) is 28.1 Å². The van der Waals surface area contributed by atoms with E-state index in [4.69, 9.17) is 4.74 Å². The van der Waals surface area contributed by atoms with E-state index in [-0.39, 0.29) is 24.2 Å². The summed E-state index contributed by atoms with van der Waals surface area (Å²) in [5.74, 6) is -0.666. The number of halogens is 1. The highest BCUT2D eigenvalue weighted by Gasteiger charge is 2.47. The van der Waals surface area contributed by atoms with E-state index in [0.717, 1.165) is 10.0 Å². The molecule has 0 aromatic heterocycles. The number of amides is 1. The van der Waals surface area contributed by atoms with E-state index in [0.29, 0.717) is 11.3 Å². The number of nitrogens with one attached hydrogen (secondary N) is 1. The highest BCUT2D eigenvalue weighted by molar-refractivity contribution is 9.10. The summed E-state index contributed by atoms with van der Waals surface area (Å²) >= 11 is 3.42. The predicted molar refractivity (Wildman–Crippen MR) is 76.8 cm³/mol. The number of carbonyl (C=O) groups is 2. The molecule has 0 spiro atoms. The number of benzene rings is 1. The predicted octanol–water partition coefficient (Wildman–Crippen LogP) is 2.64. The quantitative estimate of drug-likeness (QED) is 0.802. The number of carbonyl (C=O) groups excluding carboxylic acids is 2. The van der Waals surface area contributed by atoms with Gasteiger partial charge in [0.25, 0.3) is 0 Å². The van der Waals surface area contributed by atoms with Crippen molar-refractivity contribution in [1.29, 1.82) is 0 Å². The van der Waals surface area contributed by atoms with Crippen molar-refractivity contribution in [2.75, 3.05) is 0 Å². The highest BCUT2D eigenvalue weighted by atomic mass is 79.9. The van der Waals surface area contributed by atoms with Crippen LogP contribution in [0.1, 0.15) is 31.7 Å². The molecule has 0 radical (unpaired) electrons. The van der Waals surface area contributed by atoms with Crippen LogP contribution in [0.15, 0.2) is 40.0 Å². The molecular formula is C15H14BrNO3. The van der Waals surface area contributed by atoms with Gasteiger partial charge in [0.1, 0.15) is 5.60 Å². The van der Waals surface area contributed by atoms with Gasteiger partial charge in [-0.3, -0.25) is 4.79 Å². The summed E-state index contributed by atoms with van der Waals surface area (Å²) in [5, 5.41) is 2.80. The van der Waals surface area contributed by atoms with Crippen molar-refractivity contribution >= 4 is 27.8 Å². The molecule has 2 heterocycles. The Kier molecular flexibility index (Phi) is 2.97. The summed E-state index contributed by atoms with van der Waals surface area (Å²) in [7, 11) is 0. The molecule has 5 heteroatoms. The first-order chi connectivity index (χ1) is 9.38. The Morgan fingerprint density at radius 2 is 2.10 bits per heavy atom. The van der Waals surface area contributed by atoms with Crippen LogP contribution >= 0.6 is 15.9 Å². The number of ether oxygens (including phenoxy) is 1. The molecule has 104 valence electrons. The minimum atomic E-state index is -0.771. The zero-order chi connectivity index (χ0) is 14.5. The third-order valence-electron chi connectivity index (χ3n) is 3.69. The van der Waals surface area contributed by atoms with Crippen LogP contribution in [-0.2, 0) is 14.3 Å². The number of cyclic esters (lactones) is 1. The summed E-state index contributed by atoms with van der Waals surface area (Å²) in [6, 6.07) is 7.68. The molecule has 1 aromatic carbocycles. The maximum Gasteiger partial charge on any atom is 0.337 e. The maximum absolute atomic E-state index is 12.2. The van der Waals surface area contributed by atoms with E-state index in [9.17, 15) is 9.59 Å². The SMILES string of the molecule is CC1(C)OC(=O)C2=C1NC(=O)CC2c1cccc(Br)c1. The summed E-state index contributed by atoms with van der Waals surface area (Å²) in [6.45, 7) is 3.58. The van der Waals surface area contributed by atoms with Crippen LogP contribution in [0.5, 0.6) is 0 Å². The lowest BCUT2D eigenvalue weighted by atomic mass is 9.83.